The van der Waals surface area contributed by atoms with Crippen molar-refractivity contribution in [3.63, 3.8) is 0 Å². The second-order valence-corrected chi connectivity index (χ2v) is 11.9. The Labute approximate surface area is 248 Å². The smallest absolute Gasteiger partial charge is 0.160 e. The third-order valence-corrected chi connectivity index (χ3v) is 8.28. The minimum Gasteiger partial charge on any atom is -0.361 e. The molecule has 39 heavy (non-hydrogen) atoms. The van der Waals surface area contributed by atoms with Crippen LogP contribution in [-0.2, 0) is 25.7 Å². The number of rotatable bonds is 19. The monoisotopic (exact) mass is 570 g/mol. The maximum absolute atomic E-state index is 4.93. The number of aryl methyl sites for hydroxylation is 4. The van der Waals surface area contributed by atoms with Gasteiger partial charge in [-0.1, -0.05) is 108 Å². The fourth-order valence-corrected chi connectivity index (χ4v) is 5.92. The van der Waals surface area contributed by atoms with Gasteiger partial charge in [-0.25, -0.2) is 0 Å². The first-order valence-corrected chi connectivity index (χ1v) is 17.7. The number of benzene rings is 2. The van der Waals surface area contributed by atoms with Crippen LogP contribution in [0.4, 0.5) is 11.4 Å². The zero-order chi connectivity index (χ0) is 28.3. The van der Waals surface area contributed by atoms with Gasteiger partial charge in [-0.05, 0) is 79.8 Å². The standard InChI is InChI=1S/C33H54N4S2/c1-7-16-26-20-14-21-27(17-8-2)30(26)36-32(38-5)34-24-12-11-13-25-35-33(39-6)37-31-28(18-9-3)22-15-23-29(31)19-10-4/h14-15,20-23,32,34,36H,7-13,16-19,24-25H2,1-6H3,(H,35,37). The summed E-state index contributed by atoms with van der Waals surface area (Å²) in [6.45, 7) is 10.9. The van der Waals surface area contributed by atoms with Crippen molar-refractivity contribution in [3.05, 3.63) is 58.7 Å². The van der Waals surface area contributed by atoms with Crippen molar-refractivity contribution in [2.75, 3.05) is 36.2 Å². The molecule has 0 aromatic heterocycles. The molecule has 3 N–H and O–H groups in total. The lowest BCUT2D eigenvalue weighted by atomic mass is 10.0. The Morgan fingerprint density at radius 2 is 1.23 bits per heavy atom. The third-order valence-electron chi connectivity index (χ3n) is 6.91. The molecule has 2 aromatic carbocycles. The largest absolute Gasteiger partial charge is 0.361 e. The molecular weight excluding hydrogens is 517 g/mol. The Morgan fingerprint density at radius 3 is 1.69 bits per heavy atom. The highest BCUT2D eigenvalue weighted by Gasteiger charge is 2.13. The number of anilines is 2. The topological polar surface area (TPSA) is 48.5 Å². The fourth-order valence-electron chi connectivity index (χ4n) is 4.98. The van der Waals surface area contributed by atoms with Gasteiger partial charge in [0.1, 0.15) is 5.50 Å². The van der Waals surface area contributed by atoms with Crippen molar-refractivity contribution >= 4 is 40.1 Å². The van der Waals surface area contributed by atoms with Crippen molar-refractivity contribution in [3.8, 4) is 0 Å². The summed E-state index contributed by atoms with van der Waals surface area (Å²) in [5, 5.41) is 12.3. The number of amidine groups is 1. The third kappa shape index (κ3) is 11.8. The van der Waals surface area contributed by atoms with Crippen LogP contribution in [0.25, 0.3) is 0 Å². The lowest BCUT2D eigenvalue weighted by Gasteiger charge is -2.24. The number of hydrogen-bond donors (Lipinski definition) is 3. The van der Waals surface area contributed by atoms with Gasteiger partial charge in [0, 0.05) is 17.9 Å². The van der Waals surface area contributed by atoms with E-state index in [-0.39, 0.29) is 5.50 Å². The Bertz CT molecular complexity index is 928. The SMILES string of the molecule is CCCc1cccc(CCC)c1NC(=NCCCCCNC(Nc1c(CCC)cccc1CCC)SC)SC. The van der Waals surface area contributed by atoms with Crippen LogP contribution in [-0.4, -0.2) is 36.3 Å². The van der Waals surface area contributed by atoms with E-state index in [2.05, 4.69) is 92.6 Å². The highest BCUT2D eigenvalue weighted by Crippen LogP contribution is 2.27. The molecule has 4 nitrogen and oxygen atoms in total. The van der Waals surface area contributed by atoms with E-state index in [9.17, 15) is 0 Å². The number of aliphatic imine (C=N–C) groups is 1. The normalized spacial score (nSPS) is 12.5. The minimum absolute atomic E-state index is 0.226. The van der Waals surface area contributed by atoms with Gasteiger partial charge in [0.2, 0.25) is 0 Å². The number of nitrogens with one attached hydrogen (secondary N) is 3. The second-order valence-electron chi connectivity index (χ2n) is 10.2. The van der Waals surface area contributed by atoms with Crippen LogP contribution >= 0.6 is 23.5 Å². The van der Waals surface area contributed by atoms with E-state index in [0.29, 0.717) is 0 Å². The number of thioether (sulfide) groups is 2. The summed E-state index contributed by atoms with van der Waals surface area (Å²) >= 11 is 3.57. The van der Waals surface area contributed by atoms with Gasteiger partial charge in [0.25, 0.3) is 0 Å². The summed E-state index contributed by atoms with van der Waals surface area (Å²) < 4.78 is 0. The molecule has 0 radical (unpaired) electrons. The summed E-state index contributed by atoms with van der Waals surface area (Å²) in [4.78, 5) is 4.93. The number of unbranched alkanes of at least 4 members (excludes halogenated alkanes) is 2. The average Bonchev–Trinajstić information content (AvgIpc) is 2.94. The van der Waals surface area contributed by atoms with E-state index in [0.717, 1.165) is 69.6 Å². The molecule has 0 amide bonds. The van der Waals surface area contributed by atoms with Crippen molar-refractivity contribution in [1.82, 2.24) is 5.32 Å². The first kappa shape index (κ1) is 33.6. The summed E-state index contributed by atoms with van der Waals surface area (Å²) in [5.74, 6) is 0. The minimum atomic E-state index is 0.226. The summed E-state index contributed by atoms with van der Waals surface area (Å²) in [6.07, 6.45) is 16.9. The molecule has 218 valence electrons. The first-order valence-electron chi connectivity index (χ1n) is 15.2. The predicted molar refractivity (Wildman–Crippen MR) is 181 cm³/mol. The summed E-state index contributed by atoms with van der Waals surface area (Å²) in [7, 11) is 0. The molecule has 2 aromatic rings. The number of para-hydroxylation sites is 2. The van der Waals surface area contributed by atoms with E-state index in [1.807, 2.05) is 11.8 Å². The highest BCUT2D eigenvalue weighted by atomic mass is 32.2. The van der Waals surface area contributed by atoms with E-state index in [1.54, 1.807) is 11.8 Å². The Balaban J connectivity index is 1.84. The summed E-state index contributed by atoms with van der Waals surface area (Å²) in [5.41, 5.74) is 8.57. The van der Waals surface area contributed by atoms with Gasteiger partial charge in [0.15, 0.2) is 5.17 Å². The van der Waals surface area contributed by atoms with Crippen molar-refractivity contribution in [2.45, 2.75) is 104 Å². The van der Waals surface area contributed by atoms with Crippen LogP contribution in [0.2, 0.25) is 0 Å². The van der Waals surface area contributed by atoms with Crippen LogP contribution in [0, 0.1) is 0 Å². The summed E-state index contributed by atoms with van der Waals surface area (Å²) in [6, 6.07) is 13.5. The van der Waals surface area contributed by atoms with Crippen LogP contribution < -0.4 is 16.0 Å². The quantitative estimate of drug-likeness (QED) is 0.0680. The molecule has 1 atom stereocenters. The van der Waals surface area contributed by atoms with Gasteiger partial charge in [-0.15, -0.1) is 11.8 Å². The maximum atomic E-state index is 4.93. The molecular formula is C33H54N4S2. The van der Waals surface area contributed by atoms with Gasteiger partial charge in [-0.3, -0.25) is 10.3 Å². The molecule has 6 heteroatoms. The lowest BCUT2D eigenvalue weighted by molar-refractivity contribution is 0.609. The van der Waals surface area contributed by atoms with Gasteiger partial charge >= 0.3 is 0 Å². The zero-order valence-electron chi connectivity index (χ0n) is 25.5. The molecule has 2 rings (SSSR count). The first-order chi connectivity index (χ1) is 19.1. The average molecular weight is 571 g/mol. The van der Waals surface area contributed by atoms with Crippen LogP contribution in [0.5, 0.6) is 0 Å². The fraction of sp³-hybridized carbons (Fsp3) is 0.606. The lowest BCUT2D eigenvalue weighted by Crippen LogP contribution is -2.34. The van der Waals surface area contributed by atoms with E-state index >= 15 is 0 Å². The molecule has 0 fully saturated rings. The Morgan fingerprint density at radius 1 is 0.718 bits per heavy atom. The molecule has 0 saturated heterocycles. The van der Waals surface area contributed by atoms with Crippen molar-refractivity contribution in [1.29, 1.82) is 0 Å². The molecule has 0 bridgehead atoms. The van der Waals surface area contributed by atoms with Gasteiger partial charge in [-0.2, -0.15) is 0 Å². The number of nitrogens with zero attached hydrogens (tertiary/aromatic N) is 1. The number of hydrogen-bond acceptors (Lipinski definition) is 5. The van der Waals surface area contributed by atoms with Crippen LogP contribution in [0.15, 0.2) is 41.4 Å². The molecule has 0 saturated carbocycles. The zero-order valence-corrected chi connectivity index (χ0v) is 27.1. The predicted octanol–water partition coefficient (Wildman–Crippen LogP) is 9.15. The molecule has 0 heterocycles. The second kappa shape index (κ2) is 20.3. The molecule has 1 unspecified atom stereocenters. The van der Waals surface area contributed by atoms with Gasteiger partial charge < -0.3 is 10.6 Å². The van der Waals surface area contributed by atoms with Crippen LogP contribution in [0.3, 0.4) is 0 Å². The molecule has 0 spiro atoms. The van der Waals surface area contributed by atoms with E-state index in [4.69, 9.17) is 4.99 Å². The van der Waals surface area contributed by atoms with Crippen molar-refractivity contribution in [2.24, 2.45) is 4.99 Å². The Kier molecular flexibility index (Phi) is 17.5. The Hall–Kier alpha value is -1.63. The van der Waals surface area contributed by atoms with Crippen molar-refractivity contribution < 1.29 is 0 Å². The van der Waals surface area contributed by atoms with E-state index < -0.39 is 0 Å². The van der Waals surface area contributed by atoms with E-state index in [1.165, 1.54) is 52.9 Å². The molecule has 0 aliphatic rings. The van der Waals surface area contributed by atoms with Gasteiger partial charge in [0.05, 0.1) is 0 Å². The highest BCUT2D eigenvalue weighted by molar-refractivity contribution is 8.13. The molecule has 0 aliphatic heterocycles. The maximum Gasteiger partial charge on any atom is 0.160 e. The molecule has 0 aliphatic carbocycles. The van der Waals surface area contributed by atoms with Crippen LogP contribution in [0.1, 0.15) is 94.9 Å².